The highest BCUT2D eigenvalue weighted by Crippen LogP contribution is 2.24. The molecule has 3 rings (SSSR count). The number of carbonyl (C=O) groups excluding carboxylic acids is 2. The summed E-state index contributed by atoms with van der Waals surface area (Å²) in [5.74, 6) is -0.517. The summed E-state index contributed by atoms with van der Waals surface area (Å²) in [6, 6.07) is 13.0. The van der Waals surface area contributed by atoms with Crippen LogP contribution in [0.3, 0.4) is 0 Å². The van der Waals surface area contributed by atoms with Crippen molar-refractivity contribution < 1.29 is 14.3 Å². The highest BCUT2D eigenvalue weighted by atomic mass is 35.5. The fraction of sp³-hybridized carbons (Fsp3) is 0.238. The first-order chi connectivity index (χ1) is 14.9. The Morgan fingerprint density at radius 3 is 2.68 bits per heavy atom. The average Bonchev–Trinajstić information content (AvgIpc) is 2.73. The molecule has 0 aliphatic heterocycles. The molecule has 3 aromatic rings. The number of nitrogens with one attached hydrogen (secondary N) is 2. The first-order valence-electron chi connectivity index (χ1n) is 9.41. The molecule has 1 heterocycles. The Balaban J connectivity index is 1.79. The second kappa shape index (κ2) is 10.4. The van der Waals surface area contributed by atoms with Gasteiger partial charge in [0.1, 0.15) is 0 Å². The zero-order chi connectivity index (χ0) is 22.4. The minimum atomic E-state index is -0.696. The number of carbonyl (C=O) groups is 2. The number of benzene rings is 2. The van der Waals surface area contributed by atoms with Gasteiger partial charge < -0.3 is 10.1 Å². The molecular formula is C21H21ClN4O4S. The molecule has 0 aliphatic rings. The lowest BCUT2D eigenvalue weighted by molar-refractivity contribution is -0.119. The molecule has 0 aliphatic carbocycles. The molecule has 8 nitrogen and oxygen atoms in total. The summed E-state index contributed by atoms with van der Waals surface area (Å²) in [6.45, 7) is 2.20. The van der Waals surface area contributed by atoms with Crippen molar-refractivity contribution in [3.8, 4) is 0 Å². The molecule has 0 spiro atoms. The van der Waals surface area contributed by atoms with Gasteiger partial charge in [0.05, 0.1) is 29.3 Å². The number of urea groups is 1. The van der Waals surface area contributed by atoms with Crippen molar-refractivity contribution in [3.05, 3.63) is 63.9 Å². The molecule has 2 aromatic carbocycles. The van der Waals surface area contributed by atoms with E-state index in [2.05, 4.69) is 15.6 Å². The lowest BCUT2D eigenvalue weighted by Crippen LogP contribution is -2.39. The number of methoxy groups -OCH3 is 1. The highest BCUT2D eigenvalue weighted by molar-refractivity contribution is 8.00. The molecule has 0 saturated carbocycles. The lowest BCUT2D eigenvalue weighted by atomic mass is 10.2. The Morgan fingerprint density at radius 2 is 1.97 bits per heavy atom. The van der Waals surface area contributed by atoms with E-state index < -0.39 is 17.2 Å². The van der Waals surface area contributed by atoms with Crippen molar-refractivity contribution in [2.75, 3.05) is 19.0 Å². The second-order valence-electron chi connectivity index (χ2n) is 6.57. The molecule has 1 atom stereocenters. The number of hydrogen-bond acceptors (Lipinski definition) is 6. The number of amides is 3. The zero-order valence-corrected chi connectivity index (χ0v) is 18.5. The Hall–Kier alpha value is -2.88. The normalized spacial score (nSPS) is 11.8. The molecule has 0 bridgehead atoms. The largest absolute Gasteiger partial charge is 0.383 e. The number of imide groups is 1. The second-order valence-corrected chi connectivity index (χ2v) is 8.32. The van der Waals surface area contributed by atoms with Gasteiger partial charge in [0, 0.05) is 17.8 Å². The first-order valence-corrected chi connectivity index (χ1v) is 10.7. The monoisotopic (exact) mass is 460 g/mol. The van der Waals surface area contributed by atoms with Crippen LogP contribution in [-0.2, 0) is 16.1 Å². The summed E-state index contributed by atoms with van der Waals surface area (Å²) >= 11 is 7.12. The van der Waals surface area contributed by atoms with E-state index in [9.17, 15) is 14.4 Å². The number of rotatable bonds is 7. The van der Waals surface area contributed by atoms with Gasteiger partial charge in [-0.15, -0.1) is 0 Å². The quantitative estimate of drug-likeness (QED) is 0.413. The SMILES string of the molecule is COCCn1c(SC(C)C(=O)NC(=O)Nc2ccccc2)nc2cc(Cl)ccc2c1=O. The fourth-order valence-electron chi connectivity index (χ4n) is 2.75. The van der Waals surface area contributed by atoms with Crippen LogP contribution >= 0.6 is 23.4 Å². The molecule has 1 unspecified atom stereocenters. The van der Waals surface area contributed by atoms with Crippen molar-refractivity contribution in [2.45, 2.75) is 23.9 Å². The number of para-hydroxylation sites is 1. The number of ether oxygens (including phenoxy) is 1. The van der Waals surface area contributed by atoms with Gasteiger partial charge in [0.25, 0.3) is 5.56 Å². The van der Waals surface area contributed by atoms with E-state index in [-0.39, 0.29) is 12.1 Å². The van der Waals surface area contributed by atoms with Crippen LogP contribution in [0.4, 0.5) is 10.5 Å². The van der Waals surface area contributed by atoms with Gasteiger partial charge in [-0.3, -0.25) is 19.5 Å². The smallest absolute Gasteiger partial charge is 0.325 e. The van der Waals surface area contributed by atoms with Gasteiger partial charge in [-0.25, -0.2) is 9.78 Å². The number of halogens is 1. The van der Waals surface area contributed by atoms with Crippen molar-refractivity contribution in [1.82, 2.24) is 14.9 Å². The summed E-state index contributed by atoms with van der Waals surface area (Å²) in [5, 5.41) is 5.40. The number of nitrogens with zero attached hydrogens (tertiary/aromatic N) is 2. The van der Waals surface area contributed by atoms with E-state index in [1.54, 1.807) is 49.4 Å². The lowest BCUT2D eigenvalue weighted by Gasteiger charge is -2.16. The fourth-order valence-corrected chi connectivity index (χ4v) is 3.85. The molecule has 31 heavy (non-hydrogen) atoms. The van der Waals surface area contributed by atoms with E-state index in [0.717, 1.165) is 11.8 Å². The van der Waals surface area contributed by atoms with Gasteiger partial charge in [0.15, 0.2) is 5.16 Å². The molecular weight excluding hydrogens is 440 g/mol. The summed E-state index contributed by atoms with van der Waals surface area (Å²) in [4.78, 5) is 42.1. The van der Waals surface area contributed by atoms with Crippen molar-refractivity contribution in [1.29, 1.82) is 0 Å². The van der Waals surface area contributed by atoms with Crippen molar-refractivity contribution in [2.24, 2.45) is 0 Å². The minimum Gasteiger partial charge on any atom is -0.383 e. The minimum absolute atomic E-state index is 0.254. The van der Waals surface area contributed by atoms with Crippen LogP contribution in [0.5, 0.6) is 0 Å². The number of fused-ring (bicyclic) bond motifs is 1. The number of anilines is 1. The summed E-state index contributed by atoms with van der Waals surface area (Å²) < 4.78 is 6.56. The van der Waals surface area contributed by atoms with Crippen LogP contribution in [-0.4, -0.2) is 40.5 Å². The predicted molar refractivity (Wildman–Crippen MR) is 122 cm³/mol. The standard InChI is InChI=1S/C21H21ClN4O4S/c1-13(18(27)25-20(29)23-15-6-4-3-5-7-15)31-21-24-17-12-14(22)8-9-16(17)19(28)26(21)10-11-30-2/h3-9,12-13H,10-11H2,1-2H3,(H2,23,25,27,29). The third-order valence-corrected chi connectivity index (χ3v) is 5.65. The molecule has 2 N–H and O–H groups in total. The molecule has 10 heteroatoms. The summed E-state index contributed by atoms with van der Waals surface area (Å²) in [6.07, 6.45) is 0. The molecule has 162 valence electrons. The van der Waals surface area contributed by atoms with E-state index in [1.165, 1.54) is 11.7 Å². The summed E-state index contributed by atoms with van der Waals surface area (Å²) in [7, 11) is 1.54. The van der Waals surface area contributed by atoms with Crippen LogP contribution in [0.1, 0.15) is 6.92 Å². The van der Waals surface area contributed by atoms with Gasteiger partial charge in [-0.05, 0) is 37.3 Å². The van der Waals surface area contributed by atoms with E-state index in [1.807, 2.05) is 6.07 Å². The maximum absolute atomic E-state index is 12.9. The molecule has 0 radical (unpaired) electrons. The molecule has 0 saturated heterocycles. The maximum atomic E-state index is 12.9. The topological polar surface area (TPSA) is 102 Å². The average molecular weight is 461 g/mol. The predicted octanol–water partition coefficient (Wildman–Crippen LogP) is 3.53. The van der Waals surface area contributed by atoms with Crippen LogP contribution in [0, 0.1) is 0 Å². The van der Waals surface area contributed by atoms with Crippen LogP contribution < -0.4 is 16.2 Å². The zero-order valence-electron chi connectivity index (χ0n) is 16.9. The van der Waals surface area contributed by atoms with Crippen molar-refractivity contribution in [3.63, 3.8) is 0 Å². The Morgan fingerprint density at radius 1 is 1.23 bits per heavy atom. The highest BCUT2D eigenvalue weighted by Gasteiger charge is 2.21. The van der Waals surface area contributed by atoms with Gasteiger partial charge in [-0.2, -0.15) is 0 Å². The molecule has 0 fully saturated rings. The van der Waals surface area contributed by atoms with E-state index >= 15 is 0 Å². The van der Waals surface area contributed by atoms with Gasteiger partial charge >= 0.3 is 6.03 Å². The number of hydrogen-bond donors (Lipinski definition) is 2. The maximum Gasteiger partial charge on any atom is 0.325 e. The number of aromatic nitrogens is 2. The Bertz CT molecular complexity index is 1150. The third-order valence-electron chi connectivity index (χ3n) is 4.32. The molecule has 3 amide bonds. The van der Waals surface area contributed by atoms with Gasteiger partial charge in [0.2, 0.25) is 5.91 Å². The van der Waals surface area contributed by atoms with E-state index in [0.29, 0.717) is 33.4 Å². The van der Waals surface area contributed by atoms with Crippen LogP contribution in [0.15, 0.2) is 58.5 Å². The van der Waals surface area contributed by atoms with Gasteiger partial charge in [-0.1, -0.05) is 41.6 Å². The third kappa shape index (κ3) is 5.84. The van der Waals surface area contributed by atoms with Crippen LogP contribution in [0.2, 0.25) is 5.02 Å². The van der Waals surface area contributed by atoms with Crippen molar-refractivity contribution >= 4 is 51.9 Å². The number of thioether (sulfide) groups is 1. The summed E-state index contributed by atoms with van der Waals surface area (Å²) in [5.41, 5.74) is 0.744. The van der Waals surface area contributed by atoms with E-state index in [4.69, 9.17) is 16.3 Å². The Kier molecular flexibility index (Phi) is 7.67. The first kappa shape index (κ1) is 22.8. The Labute approximate surface area is 187 Å². The van der Waals surface area contributed by atoms with Crippen LogP contribution in [0.25, 0.3) is 10.9 Å². The molecule has 1 aromatic heterocycles.